The van der Waals surface area contributed by atoms with E-state index in [0.717, 1.165) is 17.7 Å². The van der Waals surface area contributed by atoms with Crippen LogP contribution in [0.25, 0.3) is 0 Å². The van der Waals surface area contributed by atoms with E-state index in [1.807, 2.05) is 13.0 Å². The van der Waals surface area contributed by atoms with Crippen LogP contribution >= 0.6 is 11.8 Å². The van der Waals surface area contributed by atoms with Crippen molar-refractivity contribution in [2.24, 2.45) is 11.8 Å². The lowest BCUT2D eigenvalue weighted by molar-refractivity contribution is -0.163. The Morgan fingerprint density at radius 2 is 2.03 bits per heavy atom. The summed E-state index contributed by atoms with van der Waals surface area (Å²) >= 11 is 1.53. The minimum atomic E-state index is -1.10. The monoisotopic (exact) mass is 487 g/mol. The number of nitrogens with zero attached hydrogens (tertiary/aromatic N) is 1. The molecule has 5 N–H and O–H groups in total. The molecule has 0 radical (unpaired) electrons. The number of carbonyl (C=O) groups is 3. The van der Waals surface area contributed by atoms with Gasteiger partial charge in [-0.05, 0) is 44.2 Å². The first kappa shape index (κ1) is 24.3. The second-order valence-corrected chi connectivity index (χ2v) is 10.3. The average molecular weight is 488 g/mol. The standard InChI is InChI=1S/C24H29N3O6S/c1-12-19-18(13(2)28)22(29)27(19)20(24(32)33)21(12)34-17-7-6-15(26-11-17)8-9-25-16-5-3-4-14(10-16)23(30)31/h3-5,8-10,12-13,15,17-19,25-26,28H,6-7,11H2,1-2H3,(H,30,31)(H,32,33)/b9-8+/t12-,13-,15?,17?,18-,19-/m1/s1. The van der Waals surface area contributed by atoms with Gasteiger partial charge in [-0.1, -0.05) is 19.1 Å². The number of hydrogen-bond donors (Lipinski definition) is 5. The van der Waals surface area contributed by atoms with Gasteiger partial charge < -0.3 is 30.9 Å². The van der Waals surface area contributed by atoms with Gasteiger partial charge in [0.25, 0.3) is 0 Å². The van der Waals surface area contributed by atoms with E-state index in [1.54, 1.807) is 31.3 Å². The van der Waals surface area contributed by atoms with Gasteiger partial charge >= 0.3 is 11.9 Å². The zero-order valence-corrected chi connectivity index (χ0v) is 19.8. The van der Waals surface area contributed by atoms with Crippen molar-refractivity contribution in [2.75, 3.05) is 11.9 Å². The van der Waals surface area contributed by atoms with E-state index < -0.39 is 24.0 Å². The number of rotatable bonds is 8. The van der Waals surface area contributed by atoms with Crippen LogP contribution in [0.15, 0.2) is 47.1 Å². The molecule has 0 aromatic heterocycles. The number of carboxylic acids is 2. The van der Waals surface area contributed by atoms with Gasteiger partial charge in [-0.25, -0.2) is 9.59 Å². The molecule has 2 unspecified atom stereocenters. The zero-order chi connectivity index (χ0) is 24.6. The maximum Gasteiger partial charge on any atom is 0.353 e. The molecule has 1 amide bonds. The summed E-state index contributed by atoms with van der Waals surface area (Å²) in [4.78, 5) is 37.6. The quantitative estimate of drug-likeness (QED) is 0.350. The maximum atomic E-state index is 12.5. The number of fused-ring (bicyclic) bond motifs is 1. The van der Waals surface area contributed by atoms with E-state index in [9.17, 15) is 24.6 Å². The third-order valence-electron chi connectivity index (χ3n) is 6.70. The maximum absolute atomic E-state index is 12.5. The lowest BCUT2D eigenvalue weighted by Gasteiger charge is -2.46. The Kier molecular flexibility index (Phi) is 7.01. The fourth-order valence-corrected chi connectivity index (χ4v) is 6.42. The fourth-order valence-electron chi connectivity index (χ4n) is 4.98. The number of aliphatic hydroxyl groups is 1. The summed E-state index contributed by atoms with van der Waals surface area (Å²) in [5.74, 6) is -3.06. The summed E-state index contributed by atoms with van der Waals surface area (Å²) in [5.41, 5.74) is 0.981. The largest absolute Gasteiger partial charge is 0.478 e. The van der Waals surface area contributed by atoms with Crippen molar-refractivity contribution in [1.29, 1.82) is 0 Å². The first-order valence-corrected chi connectivity index (χ1v) is 12.2. The van der Waals surface area contributed by atoms with Gasteiger partial charge in [0.05, 0.1) is 23.6 Å². The van der Waals surface area contributed by atoms with E-state index >= 15 is 0 Å². The first-order valence-electron chi connectivity index (χ1n) is 11.3. The Morgan fingerprint density at radius 3 is 2.65 bits per heavy atom. The summed E-state index contributed by atoms with van der Waals surface area (Å²) in [6.45, 7) is 4.20. The Morgan fingerprint density at radius 1 is 1.26 bits per heavy atom. The molecule has 6 atom stereocenters. The summed E-state index contributed by atoms with van der Waals surface area (Å²) in [6, 6.07) is 6.44. The van der Waals surface area contributed by atoms with Crippen LogP contribution in [0.3, 0.4) is 0 Å². The Balaban J connectivity index is 1.34. The zero-order valence-electron chi connectivity index (χ0n) is 19.0. The smallest absolute Gasteiger partial charge is 0.353 e. The number of piperidine rings is 1. The van der Waals surface area contributed by atoms with Gasteiger partial charge in [-0.3, -0.25) is 4.79 Å². The lowest BCUT2D eigenvalue weighted by atomic mass is 9.79. The van der Waals surface area contributed by atoms with Crippen molar-refractivity contribution in [3.8, 4) is 0 Å². The van der Waals surface area contributed by atoms with Crippen LogP contribution in [0.5, 0.6) is 0 Å². The molecule has 1 aromatic rings. The highest BCUT2D eigenvalue weighted by Crippen LogP contribution is 2.51. The van der Waals surface area contributed by atoms with Crippen LogP contribution < -0.4 is 10.6 Å². The van der Waals surface area contributed by atoms with Gasteiger partial charge in [0.15, 0.2) is 0 Å². The number of anilines is 1. The molecule has 3 heterocycles. The van der Waals surface area contributed by atoms with Crippen molar-refractivity contribution in [2.45, 2.75) is 50.1 Å². The van der Waals surface area contributed by atoms with Crippen molar-refractivity contribution < 1.29 is 29.7 Å². The highest BCUT2D eigenvalue weighted by molar-refractivity contribution is 8.03. The minimum absolute atomic E-state index is 0.0687. The van der Waals surface area contributed by atoms with Crippen molar-refractivity contribution in [3.63, 3.8) is 0 Å². The van der Waals surface area contributed by atoms with E-state index in [2.05, 4.69) is 10.6 Å². The summed E-state index contributed by atoms with van der Waals surface area (Å²) < 4.78 is 0. The fraction of sp³-hybridized carbons (Fsp3) is 0.458. The molecular weight excluding hydrogens is 458 g/mol. The predicted octanol–water partition coefficient (Wildman–Crippen LogP) is 2.32. The Bertz CT molecular complexity index is 1050. The highest BCUT2D eigenvalue weighted by atomic mass is 32.2. The number of nitrogens with one attached hydrogen (secondary N) is 2. The molecule has 10 heteroatoms. The van der Waals surface area contributed by atoms with Crippen molar-refractivity contribution >= 4 is 35.3 Å². The molecule has 0 aliphatic carbocycles. The lowest BCUT2D eigenvalue weighted by Crippen LogP contribution is -2.63. The van der Waals surface area contributed by atoms with E-state index in [0.29, 0.717) is 12.2 Å². The normalized spacial score (nSPS) is 29.7. The van der Waals surface area contributed by atoms with Gasteiger partial charge in [0, 0.05) is 34.3 Å². The molecule has 182 valence electrons. The van der Waals surface area contributed by atoms with Crippen molar-refractivity contribution in [1.82, 2.24) is 10.2 Å². The number of aliphatic hydroxyl groups excluding tert-OH is 1. The molecule has 2 fully saturated rings. The number of carbonyl (C=O) groups excluding carboxylic acids is 1. The molecule has 34 heavy (non-hydrogen) atoms. The molecule has 2 saturated heterocycles. The number of β-lactam (4-membered cyclic amide) rings is 1. The summed E-state index contributed by atoms with van der Waals surface area (Å²) in [6.07, 6.45) is 4.72. The number of carboxylic acid groups (broad SMARTS) is 2. The molecule has 3 aliphatic heterocycles. The molecule has 0 bridgehead atoms. The molecule has 1 aromatic carbocycles. The van der Waals surface area contributed by atoms with Gasteiger partial charge in [-0.2, -0.15) is 0 Å². The molecule has 9 nitrogen and oxygen atoms in total. The van der Waals surface area contributed by atoms with E-state index in [-0.39, 0.29) is 40.4 Å². The minimum Gasteiger partial charge on any atom is -0.478 e. The molecule has 4 rings (SSSR count). The summed E-state index contributed by atoms with van der Waals surface area (Å²) in [5, 5.41) is 35.6. The molecule has 3 aliphatic rings. The first-order chi connectivity index (χ1) is 16.2. The van der Waals surface area contributed by atoms with Gasteiger partial charge in [-0.15, -0.1) is 11.8 Å². The average Bonchev–Trinajstić information content (AvgIpc) is 3.03. The highest BCUT2D eigenvalue weighted by Gasteiger charge is 2.60. The van der Waals surface area contributed by atoms with E-state index in [4.69, 9.17) is 5.11 Å². The van der Waals surface area contributed by atoms with Gasteiger partial charge in [0.1, 0.15) is 5.70 Å². The van der Waals surface area contributed by atoms with E-state index in [1.165, 1.54) is 22.7 Å². The number of thioether (sulfide) groups is 1. The number of amides is 1. The number of aromatic carboxylic acids is 1. The van der Waals surface area contributed by atoms with Gasteiger partial charge in [0.2, 0.25) is 5.91 Å². The molecule has 0 saturated carbocycles. The molecular formula is C24H29N3O6S. The Labute approximate surface area is 201 Å². The topological polar surface area (TPSA) is 139 Å². The predicted molar refractivity (Wildman–Crippen MR) is 128 cm³/mol. The second-order valence-electron chi connectivity index (χ2n) is 8.99. The SMILES string of the molecule is C[C@@H](O)[C@H]1C(=O)N2C(C(=O)O)=C(SC3CCC(/C=C/Nc4cccc(C(=O)O)c4)NC3)[C@H](C)[C@H]12. The third kappa shape index (κ3) is 4.57. The Hall–Kier alpha value is -2.82. The number of benzene rings is 1. The number of aliphatic carboxylic acids is 1. The van der Waals surface area contributed by atoms with Crippen LogP contribution in [-0.4, -0.2) is 68.0 Å². The number of hydrogen-bond acceptors (Lipinski definition) is 7. The van der Waals surface area contributed by atoms with Crippen LogP contribution in [0.1, 0.15) is 37.0 Å². The van der Waals surface area contributed by atoms with Crippen LogP contribution in [0, 0.1) is 11.8 Å². The van der Waals surface area contributed by atoms with Crippen LogP contribution in [0.4, 0.5) is 5.69 Å². The van der Waals surface area contributed by atoms with Crippen molar-refractivity contribution in [3.05, 3.63) is 52.7 Å². The molecule has 0 spiro atoms. The van der Waals surface area contributed by atoms with Crippen LogP contribution in [0.2, 0.25) is 0 Å². The second kappa shape index (κ2) is 9.81. The summed E-state index contributed by atoms with van der Waals surface area (Å²) in [7, 11) is 0. The van der Waals surface area contributed by atoms with Crippen LogP contribution in [-0.2, 0) is 9.59 Å². The third-order valence-corrected chi connectivity index (χ3v) is 8.25.